The van der Waals surface area contributed by atoms with Gasteiger partial charge in [-0.3, -0.25) is 9.59 Å². The topological polar surface area (TPSA) is 84.5 Å². The molecule has 0 saturated carbocycles. The van der Waals surface area contributed by atoms with Crippen molar-refractivity contribution >= 4 is 41.1 Å². The van der Waals surface area contributed by atoms with Gasteiger partial charge in [0.05, 0.1) is 10.6 Å². The molecule has 0 heterocycles. The molecule has 1 rings (SSSR count). The fraction of sp³-hybridized carbons (Fsp3) is 0.500. The first-order valence-corrected chi connectivity index (χ1v) is 10.1. The molecule has 0 unspecified atom stereocenters. The van der Waals surface area contributed by atoms with Crippen LogP contribution in [0.15, 0.2) is 24.3 Å². The van der Waals surface area contributed by atoms with E-state index in [2.05, 4.69) is 10.6 Å². The van der Waals surface area contributed by atoms with E-state index < -0.39 is 17.9 Å². The van der Waals surface area contributed by atoms with Gasteiger partial charge in [-0.1, -0.05) is 37.6 Å². The van der Waals surface area contributed by atoms with Crippen molar-refractivity contribution in [3.63, 3.8) is 0 Å². The molecular weight excluding hydrogens is 376 g/mol. The molecule has 0 bridgehead atoms. The molecule has 26 heavy (non-hydrogen) atoms. The van der Waals surface area contributed by atoms with Crippen LogP contribution in [-0.4, -0.2) is 49.0 Å². The Kier molecular flexibility index (Phi) is 10.1. The Morgan fingerprint density at radius 2 is 1.92 bits per heavy atom. The van der Waals surface area contributed by atoms with Gasteiger partial charge in [0.15, 0.2) is 6.61 Å². The predicted molar refractivity (Wildman–Crippen MR) is 105 cm³/mol. The van der Waals surface area contributed by atoms with Gasteiger partial charge < -0.3 is 15.4 Å². The highest BCUT2D eigenvalue weighted by Crippen LogP contribution is 2.15. The number of thioether (sulfide) groups is 1. The minimum atomic E-state index is -0.843. The van der Waals surface area contributed by atoms with Gasteiger partial charge in [-0.2, -0.15) is 11.8 Å². The maximum absolute atomic E-state index is 12.4. The summed E-state index contributed by atoms with van der Waals surface area (Å²) in [5.41, 5.74) is 0.283. The number of halogens is 1. The monoisotopic (exact) mass is 400 g/mol. The van der Waals surface area contributed by atoms with E-state index in [-0.39, 0.29) is 18.1 Å². The predicted octanol–water partition coefficient (Wildman–Crippen LogP) is 2.51. The fourth-order valence-electron chi connectivity index (χ4n) is 1.97. The summed E-state index contributed by atoms with van der Waals surface area (Å²) in [6.45, 7) is 4.07. The number of benzene rings is 1. The minimum absolute atomic E-state index is 0.283. The number of hydrogen-bond acceptors (Lipinski definition) is 5. The first-order chi connectivity index (χ1) is 12.3. The van der Waals surface area contributed by atoms with Crippen molar-refractivity contribution in [2.24, 2.45) is 5.92 Å². The summed E-state index contributed by atoms with van der Waals surface area (Å²) in [5, 5.41) is 5.61. The van der Waals surface area contributed by atoms with Crippen LogP contribution in [0, 0.1) is 5.92 Å². The van der Waals surface area contributed by atoms with Gasteiger partial charge in [-0.05, 0) is 36.5 Å². The Balaban J connectivity index is 2.64. The van der Waals surface area contributed by atoms with E-state index >= 15 is 0 Å². The summed E-state index contributed by atoms with van der Waals surface area (Å²) in [4.78, 5) is 36.3. The van der Waals surface area contributed by atoms with Crippen LogP contribution in [-0.2, 0) is 14.3 Å². The van der Waals surface area contributed by atoms with E-state index in [9.17, 15) is 14.4 Å². The lowest BCUT2D eigenvalue weighted by Crippen LogP contribution is -2.43. The molecule has 1 aromatic rings. The molecule has 8 heteroatoms. The largest absolute Gasteiger partial charge is 0.454 e. The highest BCUT2D eigenvalue weighted by Gasteiger charge is 2.24. The number of hydrogen-bond donors (Lipinski definition) is 2. The van der Waals surface area contributed by atoms with Gasteiger partial charge in [-0.15, -0.1) is 0 Å². The zero-order valence-electron chi connectivity index (χ0n) is 15.2. The highest BCUT2D eigenvalue weighted by atomic mass is 35.5. The van der Waals surface area contributed by atoms with Crippen LogP contribution < -0.4 is 10.6 Å². The summed E-state index contributed by atoms with van der Waals surface area (Å²) in [6, 6.07) is 5.74. The third-order valence-corrected chi connectivity index (χ3v) is 4.35. The Bertz CT molecular complexity index is 625. The minimum Gasteiger partial charge on any atom is -0.454 e. The third-order valence-electron chi connectivity index (χ3n) is 3.37. The third kappa shape index (κ3) is 8.10. The van der Waals surface area contributed by atoms with Crippen molar-refractivity contribution in [1.29, 1.82) is 0 Å². The van der Waals surface area contributed by atoms with Crippen LogP contribution in [0.3, 0.4) is 0 Å². The second kappa shape index (κ2) is 11.8. The van der Waals surface area contributed by atoms with E-state index in [1.165, 1.54) is 0 Å². The molecule has 1 aromatic carbocycles. The van der Waals surface area contributed by atoms with Crippen LogP contribution >= 0.6 is 23.4 Å². The molecule has 0 radical (unpaired) electrons. The fourth-order valence-corrected chi connectivity index (χ4v) is 2.67. The summed E-state index contributed by atoms with van der Waals surface area (Å²) < 4.78 is 5.05. The molecule has 0 fully saturated rings. The molecule has 2 N–H and O–H groups in total. The lowest BCUT2D eigenvalue weighted by molar-refractivity contribution is -0.150. The van der Waals surface area contributed by atoms with E-state index in [4.69, 9.17) is 16.3 Å². The maximum Gasteiger partial charge on any atom is 0.329 e. The molecule has 0 spiro atoms. The van der Waals surface area contributed by atoms with E-state index in [1.807, 2.05) is 20.1 Å². The molecule has 1 atom stereocenters. The van der Waals surface area contributed by atoms with Crippen LogP contribution in [0.5, 0.6) is 0 Å². The molecule has 144 valence electrons. The lowest BCUT2D eigenvalue weighted by atomic mass is 10.1. The molecule has 6 nitrogen and oxygen atoms in total. The van der Waals surface area contributed by atoms with Crippen LogP contribution in [0.25, 0.3) is 0 Å². The van der Waals surface area contributed by atoms with Crippen molar-refractivity contribution in [3.05, 3.63) is 34.9 Å². The molecule has 0 aliphatic carbocycles. The number of ether oxygens (including phenoxy) is 1. The van der Waals surface area contributed by atoms with Crippen LogP contribution in [0.2, 0.25) is 5.02 Å². The second-order valence-corrected chi connectivity index (χ2v) is 7.49. The van der Waals surface area contributed by atoms with Gasteiger partial charge in [0, 0.05) is 6.54 Å². The van der Waals surface area contributed by atoms with Crippen molar-refractivity contribution < 1.29 is 19.1 Å². The van der Waals surface area contributed by atoms with Gasteiger partial charge in [0.2, 0.25) is 0 Å². The Hall–Kier alpha value is -1.73. The van der Waals surface area contributed by atoms with E-state index in [0.717, 1.165) is 0 Å². The maximum atomic E-state index is 12.4. The molecule has 2 amide bonds. The van der Waals surface area contributed by atoms with Crippen molar-refractivity contribution in [2.75, 3.05) is 25.2 Å². The first kappa shape index (κ1) is 22.3. The standard InChI is InChI=1S/C18H25ClN2O4S/c1-12(2)10-20-16(22)11-25-18(24)15(8-9-26-3)21-17(23)13-6-4-5-7-14(13)19/h4-7,12,15H,8-11H2,1-3H3,(H,20,22)(H,21,23)/t15-/m1/s1. The number of amides is 2. The second-order valence-electron chi connectivity index (χ2n) is 6.09. The van der Waals surface area contributed by atoms with E-state index in [0.29, 0.717) is 29.7 Å². The van der Waals surface area contributed by atoms with Crippen LogP contribution in [0.1, 0.15) is 30.6 Å². The summed E-state index contributed by atoms with van der Waals surface area (Å²) >= 11 is 7.56. The molecule has 0 aromatic heterocycles. The zero-order chi connectivity index (χ0) is 19.5. The Morgan fingerprint density at radius 1 is 1.23 bits per heavy atom. The van der Waals surface area contributed by atoms with Crippen molar-refractivity contribution in [3.8, 4) is 0 Å². The summed E-state index contributed by atoms with van der Waals surface area (Å²) in [5.74, 6) is -0.503. The number of esters is 1. The first-order valence-electron chi connectivity index (χ1n) is 8.32. The Labute approximate surface area is 163 Å². The summed E-state index contributed by atoms with van der Waals surface area (Å²) in [7, 11) is 0. The van der Waals surface area contributed by atoms with Gasteiger partial charge in [0.25, 0.3) is 11.8 Å². The quantitative estimate of drug-likeness (QED) is 0.589. The molecule has 0 aliphatic rings. The Morgan fingerprint density at radius 3 is 2.54 bits per heavy atom. The molecule has 0 saturated heterocycles. The number of carbonyl (C=O) groups excluding carboxylic acids is 3. The smallest absolute Gasteiger partial charge is 0.329 e. The van der Waals surface area contributed by atoms with Crippen molar-refractivity contribution in [2.45, 2.75) is 26.3 Å². The average molecular weight is 401 g/mol. The normalized spacial score (nSPS) is 11.7. The van der Waals surface area contributed by atoms with Gasteiger partial charge in [0.1, 0.15) is 6.04 Å². The summed E-state index contributed by atoms with van der Waals surface area (Å²) in [6.07, 6.45) is 2.29. The number of carbonyl (C=O) groups is 3. The SMILES string of the molecule is CSCC[C@@H](NC(=O)c1ccccc1Cl)C(=O)OCC(=O)NCC(C)C. The lowest BCUT2D eigenvalue weighted by Gasteiger charge is -2.18. The van der Waals surface area contributed by atoms with Crippen molar-refractivity contribution in [1.82, 2.24) is 10.6 Å². The van der Waals surface area contributed by atoms with Gasteiger partial charge >= 0.3 is 5.97 Å². The number of rotatable bonds is 10. The van der Waals surface area contributed by atoms with E-state index in [1.54, 1.807) is 36.0 Å². The number of nitrogens with one attached hydrogen (secondary N) is 2. The van der Waals surface area contributed by atoms with Gasteiger partial charge in [-0.25, -0.2) is 4.79 Å². The average Bonchev–Trinajstić information content (AvgIpc) is 2.61. The highest BCUT2D eigenvalue weighted by molar-refractivity contribution is 7.98. The molecule has 0 aliphatic heterocycles. The zero-order valence-corrected chi connectivity index (χ0v) is 16.8. The van der Waals surface area contributed by atoms with Crippen LogP contribution in [0.4, 0.5) is 0 Å². The molecular formula is C18H25ClN2O4S.